The lowest BCUT2D eigenvalue weighted by Gasteiger charge is -2.08. The van der Waals surface area contributed by atoms with Crippen molar-refractivity contribution in [1.82, 2.24) is 4.90 Å². The number of nitrogens with zero attached hydrogens (tertiary/aromatic N) is 1. The molecule has 78 valence electrons. The van der Waals surface area contributed by atoms with Crippen molar-refractivity contribution in [3.63, 3.8) is 0 Å². The minimum absolute atomic E-state index is 0.113. The molecule has 1 aromatic carbocycles. The molecule has 1 saturated heterocycles. The summed E-state index contributed by atoms with van der Waals surface area (Å²) in [5, 5.41) is 9.28. The molecule has 4 nitrogen and oxygen atoms in total. The minimum atomic E-state index is -0.436. The number of carbonyl (C=O) groups is 2. The summed E-state index contributed by atoms with van der Waals surface area (Å²) >= 11 is 0. The fourth-order valence-corrected chi connectivity index (χ4v) is 1.76. The smallest absolute Gasteiger partial charge is 0.236 e. The number of hydrogen-bond donors (Lipinski definition) is 1. The molecule has 1 heterocycles. The number of imide groups is 1. The molecule has 2 rings (SSSR count). The third-order valence-corrected chi connectivity index (χ3v) is 2.65. The van der Waals surface area contributed by atoms with E-state index in [1.165, 1.54) is 19.2 Å². The third-order valence-electron chi connectivity index (χ3n) is 2.65. The lowest BCUT2D eigenvalue weighted by Crippen LogP contribution is -2.25. The maximum atomic E-state index is 11.7. The van der Waals surface area contributed by atoms with Gasteiger partial charge in [-0.3, -0.25) is 14.5 Å². The van der Waals surface area contributed by atoms with Crippen LogP contribution in [0.25, 0.3) is 0 Å². The average Bonchev–Trinajstić information content (AvgIpc) is 2.46. The van der Waals surface area contributed by atoms with Crippen molar-refractivity contribution in [3.05, 3.63) is 29.8 Å². The largest absolute Gasteiger partial charge is 0.508 e. The van der Waals surface area contributed by atoms with Crippen LogP contribution in [0.3, 0.4) is 0 Å². The van der Waals surface area contributed by atoms with E-state index in [0.29, 0.717) is 5.56 Å². The van der Waals surface area contributed by atoms with Crippen molar-refractivity contribution in [2.75, 3.05) is 7.05 Å². The van der Waals surface area contributed by atoms with Crippen LogP contribution in [-0.4, -0.2) is 28.9 Å². The van der Waals surface area contributed by atoms with Crippen LogP contribution in [0.2, 0.25) is 0 Å². The van der Waals surface area contributed by atoms with Gasteiger partial charge in [-0.2, -0.15) is 0 Å². The van der Waals surface area contributed by atoms with Crippen LogP contribution < -0.4 is 0 Å². The molecule has 1 fully saturated rings. The van der Waals surface area contributed by atoms with E-state index in [0.717, 1.165) is 4.90 Å². The van der Waals surface area contributed by atoms with Gasteiger partial charge in [0.1, 0.15) is 5.75 Å². The number of amides is 2. The van der Waals surface area contributed by atoms with Gasteiger partial charge in [-0.15, -0.1) is 0 Å². The van der Waals surface area contributed by atoms with E-state index in [1.54, 1.807) is 12.1 Å². The quantitative estimate of drug-likeness (QED) is 0.692. The first kappa shape index (κ1) is 9.71. The molecule has 0 saturated carbocycles. The molecule has 1 atom stereocenters. The number of phenolic OH excluding ortho intramolecular Hbond substituents is 1. The number of rotatable bonds is 1. The van der Waals surface area contributed by atoms with Gasteiger partial charge in [0, 0.05) is 13.5 Å². The van der Waals surface area contributed by atoms with Crippen LogP contribution in [0.5, 0.6) is 5.75 Å². The summed E-state index contributed by atoms with van der Waals surface area (Å²) in [6.45, 7) is 0. The van der Waals surface area contributed by atoms with Crippen molar-refractivity contribution in [3.8, 4) is 5.75 Å². The first-order valence-corrected chi connectivity index (χ1v) is 4.69. The monoisotopic (exact) mass is 205 g/mol. The zero-order valence-electron chi connectivity index (χ0n) is 8.30. The Bertz CT molecular complexity index is 428. The highest BCUT2D eigenvalue weighted by Crippen LogP contribution is 2.30. The van der Waals surface area contributed by atoms with Crippen LogP contribution >= 0.6 is 0 Å². The summed E-state index contributed by atoms with van der Waals surface area (Å²) in [7, 11) is 1.48. The Labute approximate surface area is 87.1 Å². The SMILES string of the molecule is CN1C(=O)CC(c2cccc(O)c2)C1=O. The number of carbonyl (C=O) groups excluding carboxylic acids is 2. The molecule has 1 aliphatic rings. The first-order chi connectivity index (χ1) is 7.09. The topological polar surface area (TPSA) is 57.6 Å². The molecule has 2 amide bonds. The third kappa shape index (κ3) is 1.58. The van der Waals surface area contributed by atoms with Crippen molar-refractivity contribution < 1.29 is 14.7 Å². The Balaban J connectivity index is 2.33. The lowest BCUT2D eigenvalue weighted by molar-refractivity contribution is -0.137. The molecular formula is C11H11NO3. The van der Waals surface area contributed by atoms with E-state index in [-0.39, 0.29) is 24.0 Å². The van der Waals surface area contributed by atoms with Gasteiger partial charge in [0.15, 0.2) is 0 Å². The number of benzene rings is 1. The molecule has 1 N–H and O–H groups in total. The maximum absolute atomic E-state index is 11.7. The molecule has 1 unspecified atom stereocenters. The van der Waals surface area contributed by atoms with Gasteiger partial charge in [0.05, 0.1) is 5.92 Å². The zero-order valence-corrected chi connectivity index (χ0v) is 8.30. The molecule has 1 aliphatic heterocycles. The summed E-state index contributed by atoms with van der Waals surface area (Å²) < 4.78 is 0. The molecule has 0 radical (unpaired) electrons. The van der Waals surface area contributed by atoms with Crippen LogP contribution in [0.1, 0.15) is 17.9 Å². The van der Waals surface area contributed by atoms with Gasteiger partial charge in [-0.1, -0.05) is 12.1 Å². The Morgan fingerprint density at radius 2 is 2.13 bits per heavy atom. The zero-order chi connectivity index (χ0) is 11.0. The standard InChI is InChI=1S/C11H11NO3/c1-12-10(14)6-9(11(12)15)7-3-2-4-8(13)5-7/h2-5,9,13H,6H2,1H3. The summed E-state index contributed by atoms with van der Waals surface area (Å²) in [5.74, 6) is -0.698. The van der Waals surface area contributed by atoms with Gasteiger partial charge < -0.3 is 5.11 Å². The van der Waals surface area contributed by atoms with Gasteiger partial charge in [-0.25, -0.2) is 0 Å². The second-order valence-electron chi connectivity index (χ2n) is 3.64. The van der Waals surface area contributed by atoms with E-state index in [9.17, 15) is 14.7 Å². The average molecular weight is 205 g/mol. The number of phenols is 1. The first-order valence-electron chi connectivity index (χ1n) is 4.69. The van der Waals surface area contributed by atoms with Crippen LogP contribution in [0, 0.1) is 0 Å². The van der Waals surface area contributed by atoms with E-state index < -0.39 is 5.92 Å². The van der Waals surface area contributed by atoms with Crippen molar-refractivity contribution >= 4 is 11.8 Å². The Morgan fingerprint density at radius 3 is 2.67 bits per heavy atom. The van der Waals surface area contributed by atoms with Crippen LogP contribution in [0.4, 0.5) is 0 Å². The second-order valence-corrected chi connectivity index (χ2v) is 3.64. The molecule has 15 heavy (non-hydrogen) atoms. The molecule has 4 heteroatoms. The summed E-state index contributed by atoms with van der Waals surface area (Å²) in [5.41, 5.74) is 0.692. The molecule has 0 bridgehead atoms. The summed E-state index contributed by atoms with van der Waals surface area (Å²) in [6, 6.07) is 6.47. The number of likely N-dealkylation sites (tertiary alicyclic amines) is 1. The highest BCUT2D eigenvalue weighted by molar-refractivity contribution is 6.05. The number of aromatic hydroxyl groups is 1. The summed E-state index contributed by atoms with van der Waals surface area (Å²) in [6.07, 6.45) is 0.193. The highest BCUT2D eigenvalue weighted by atomic mass is 16.3. The molecule has 0 spiro atoms. The molecule has 0 aliphatic carbocycles. The van der Waals surface area contributed by atoms with Gasteiger partial charge in [0.25, 0.3) is 0 Å². The Morgan fingerprint density at radius 1 is 1.40 bits per heavy atom. The lowest BCUT2D eigenvalue weighted by atomic mass is 9.97. The predicted octanol–water partition coefficient (Wildman–Crippen LogP) is 0.864. The predicted molar refractivity (Wildman–Crippen MR) is 53.2 cm³/mol. The van der Waals surface area contributed by atoms with Gasteiger partial charge in [0.2, 0.25) is 11.8 Å². The van der Waals surface area contributed by atoms with Crippen LogP contribution in [0.15, 0.2) is 24.3 Å². The fraction of sp³-hybridized carbons (Fsp3) is 0.273. The summed E-state index contributed by atoms with van der Waals surface area (Å²) in [4.78, 5) is 24.1. The van der Waals surface area contributed by atoms with E-state index in [1.807, 2.05) is 0 Å². The van der Waals surface area contributed by atoms with Crippen LogP contribution in [-0.2, 0) is 9.59 Å². The molecule has 0 aromatic heterocycles. The van der Waals surface area contributed by atoms with Crippen molar-refractivity contribution in [2.45, 2.75) is 12.3 Å². The second kappa shape index (κ2) is 3.38. The van der Waals surface area contributed by atoms with Gasteiger partial charge >= 0.3 is 0 Å². The molecule has 1 aromatic rings. The highest BCUT2D eigenvalue weighted by Gasteiger charge is 2.36. The Hall–Kier alpha value is -1.84. The molecular weight excluding hydrogens is 194 g/mol. The number of hydrogen-bond acceptors (Lipinski definition) is 3. The van der Waals surface area contributed by atoms with Crippen molar-refractivity contribution in [1.29, 1.82) is 0 Å². The van der Waals surface area contributed by atoms with E-state index in [4.69, 9.17) is 0 Å². The van der Waals surface area contributed by atoms with E-state index >= 15 is 0 Å². The Kier molecular flexibility index (Phi) is 2.19. The van der Waals surface area contributed by atoms with Gasteiger partial charge in [-0.05, 0) is 17.7 Å². The van der Waals surface area contributed by atoms with Crippen molar-refractivity contribution in [2.24, 2.45) is 0 Å². The minimum Gasteiger partial charge on any atom is -0.508 e. The normalized spacial score (nSPS) is 21.1. The van der Waals surface area contributed by atoms with E-state index in [2.05, 4.69) is 0 Å². The fourth-order valence-electron chi connectivity index (χ4n) is 1.76. The maximum Gasteiger partial charge on any atom is 0.236 e. The number of likely N-dealkylation sites (N-methyl/N-ethyl adjacent to an activating group) is 1.